The predicted octanol–water partition coefficient (Wildman–Crippen LogP) is 2.17. The summed E-state index contributed by atoms with van der Waals surface area (Å²) in [4.78, 5) is 39.6. The van der Waals surface area contributed by atoms with Crippen LogP contribution in [0.4, 0.5) is 5.69 Å². The van der Waals surface area contributed by atoms with E-state index in [9.17, 15) is 14.4 Å². The summed E-state index contributed by atoms with van der Waals surface area (Å²) in [5.41, 5.74) is 3.39. The lowest BCUT2D eigenvalue weighted by molar-refractivity contribution is -0.142. The summed E-state index contributed by atoms with van der Waals surface area (Å²) >= 11 is 0. The van der Waals surface area contributed by atoms with Gasteiger partial charge in [-0.05, 0) is 72.6 Å². The maximum absolute atomic E-state index is 12.9. The van der Waals surface area contributed by atoms with Crippen LogP contribution in [0.1, 0.15) is 24.0 Å². The third-order valence-electron chi connectivity index (χ3n) is 7.44. The average molecular weight is 362 g/mol. The fourth-order valence-corrected chi connectivity index (χ4v) is 6.17. The number of imide groups is 1. The maximum atomic E-state index is 12.9. The molecule has 2 saturated carbocycles. The third-order valence-corrected chi connectivity index (χ3v) is 7.44. The van der Waals surface area contributed by atoms with E-state index < -0.39 is 0 Å². The average Bonchev–Trinajstić information content (AvgIpc) is 3.31. The normalized spacial score (nSPS) is 37.3. The van der Waals surface area contributed by atoms with Gasteiger partial charge < -0.3 is 5.32 Å². The molecule has 7 rings (SSSR count). The van der Waals surface area contributed by atoms with Crippen molar-refractivity contribution in [1.29, 1.82) is 0 Å². The molecular formula is C22H22N2O3. The molecular weight excluding hydrogens is 340 g/mol. The van der Waals surface area contributed by atoms with Crippen LogP contribution in [0.5, 0.6) is 0 Å². The first kappa shape index (κ1) is 15.6. The second-order valence-electron chi connectivity index (χ2n) is 8.80. The topological polar surface area (TPSA) is 66.5 Å². The Morgan fingerprint density at radius 2 is 1.67 bits per heavy atom. The minimum atomic E-state index is -0.293. The smallest absolute Gasteiger partial charge is 0.244 e. The second kappa shape index (κ2) is 5.31. The van der Waals surface area contributed by atoms with Crippen LogP contribution in [0.25, 0.3) is 0 Å². The van der Waals surface area contributed by atoms with Gasteiger partial charge in [-0.15, -0.1) is 0 Å². The summed E-state index contributed by atoms with van der Waals surface area (Å²) < 4.78 is 0. The number of hydrogen-bond donors (Lipinski definition) is 1. The van der Waals surface area contributed by atoms with Crippen molar-refractivity contribution >= 4 is 23.4 Å². The van der Waals surface area contributed by atoms with Gasteiger partial charge in [-0.1, -0.05) is 18.2 Å². The molecule has 5 heteroatoms. The van der Waals surface area contributed by atoms with Crippen LogP contribution in [-0.4, -0.2) is 29.2 Å². The lowest BCUT2D eigenvalue weighted by atomic mass is 9.63. The lowest BCUT2D eigenvalue weighted by Crippen LogP contribution is -2.40. The minimum Gasteiger partial charge on any atom is -0.325 e. The number of carbonyl (C=O) groups excluding carboxylic acids is 3. The molecule has 5 nitrogen and oxygen atoms in total. The molecule has 3 fully saturated rings. The second-order valence-corrected chi connectivity index (χ2v) is 8.80. The summed E-state index contributed by atoms with van der Waals surface area (Å²) in [6.45, 7) is -0.170. The van der Waals surface area contributed by atoms with Crippen LogP contribution in [0.15, 0.2) is 30.4 Å². The van der Waals surface area contributed by atoms with Gasteiger partial charge in [-0.25, -0.2) is 0 Å². The van der Waals surface area contributed by atoms with Crippen LogP contribution in [0.2, 0.25) is 0 Å². The Labute approximate surface area is 157 Å². The molecule has 6 aliphatic rings. The van der Waals surface area contributed by atoms with Crippen LogP contribution in [0, 0.1) is 35.5 Å². The van der Waals surface area contributed by atoms with Crippen molar-refractivity contribution < 1.29 is 14.4 Å². The zero-order chi connectivity index (χ0) is 18.3. The number of allylic oxidation sites excluding steroid dienone is 2. The standard InChI is InChI=1S/C22H22N2O3/c25-18(23-13-5-4-11-2-1-3-12(11)8-13)10-24-21(26)19-14-6-7-15(17-9-16(14)17)20(19)22(24)27/h4-8,14-17,19-20H,1-3,9-10H2,(H,23,25). The van der Waals surface area contributed by atoms with E-state index in [2.05, 4.69) is 23.5 Å². The largest absolute Gasteiger partial charge is 0.325 e. The van der Waals surface area contributed by atoms with E-state index in [0.717, 1.165) is 31.4 Å². The van der Waals surface area contributed by atoms with Gasteiger partial charge in [0.1, 0.15) is 6.54 Å². The molecule has 3 amide bonds. The van der Waals surface area contributed by atoms with E-state index >= 15 is 0 Å². The first-order chi connectivity index (χ1) is 13.1. The van der Waals surface area contributed by atoms with Crippen LogP contribution >= 0.6 is 0 Å². The van der Waals surface area contributed by atoms with Gasteiger partial charge in [0.05, 0.1) is 11.8 Å². The van der Waals surface area contributed by atoms with Crippen molar-refractivity contribution in [3.05, 3.63) is 41.5 Å². The molecule has 138 valence electrons. The number of carbonyl (C=O) groups is 3. The zero-order valence-corrected chi connectivity index (χ0v) is 15.1. The molecule has 0 radical (unpaired) electrons. The Morgan fingerprint density at radius 1 is 1.00 bits per heavy atom. The number of nitrogens with one attached hydrogen (secondary N) is 1. The van der Waals surface area contributed by atoms with Gasteiger partial charge in [0.25, 0.3) is 0 Å². The number of aryl methyl sites for hydroxylation is 2. The Bertz CT molecular complexity index is 884. The SMILES string of the molecule is O=C(CN1C(=O)C2C3C=CC(C4CC34)C2C1=O)Nc1ccc2c(c1)CCC2. The summed E-state index contributed by atoms with van der Waals surface area (Å²) in [7, 11) is 0. The van der Waals surface area contributed by atoms with Gasteiger partial charge in [0.2, 0.25) is 17.7 Å². The van der Waals surface area contributed by atoms with Gasteiger partial charge in [0, 0.05) is 5.69 Å². The van der Waals surface area contributed by atoms with E-state index in [0.29, 0.717) is 11.8 Å². The summed E-state index contributed by atoms with van der Waals surface area (Å²) in [5.74, 6) is 0.526. The van der Waals surface area contributed by atoms with Crippen molar-refractivity contribution in [3.8, 4) is 0 Å². The molecule has 1 aromatic carbocycles. The summed E-state index contributed by atoms with van der Waals surface area (Å²) in [6.07, 6.45) is 8.75. The maximum Gasteiger partial charge on any atom is 0.244 e. The monoisotopic (exact) mass is 362 g/mol. The quantitative estimate of drug-likeness (QED) is 0.662. The predicted molar refractivity (Wildman–Crippen MR) is 98.5 cm³/mol. The number of likely N-dealkylation sites (tertiary alicyclic amines) is 1. The number of hydrogen-bond acceptors (Lipinski definition) is 3. The van der Waals surface area contributed by atoms with Crippen molar-refractivity contribution in [2.45, 2.75) is 25.7 Å². The molecule has 1 N–H and O–H groups in total. The molecule has 1 aromatic rings. The fraction of sp³-hybridized carbons (Fsp3) is 0.500. The molecule has 6 atom stereocenters. The van der Waals surface area contributed by atoms with Gasteiger partial charge in [0.15, 0.2) is 0 Å². The molecule has 6 unspecified atom stereocenters. The number of amides is 3. The highest BCUT2D eigenvalue weighted by atomic mass is 16.2. The molecule has 1 heterocycles. The van der Waals surface area contributed by atoms with Gasteiger partial charge in [-0.3, -0.25) is 19.3 Å². The minimum absolute atomic E-state index is 0.140. The molecule has 27 heavy (non-hydrogen) atoms. The van der Waals surface area contributed by atoms with Crippen LogP contribution in [0.3, 0.4) is 0 Å². The number of nitrogens with zero attached hydrogens (tertiary/aromatic N) is 1. The Morgan fingerprint density at radius 3 is 2.37 bits per heavy atom. The highest BCUT2D eigenvalue weighted by molar-refractivity contribution is 6.09. The Hall–Kier alpha value is -2.43. The lowest BCUT2D eigenvalue weighted by Gasteiger charge is -2.37. The van der Waals surface area contributed by atoms with Gasteiger partial charge >= 0.3 is 0 Å². The molecule has 2 bridgehead atoms. The van der Waals surface area contributed by atoms with E-state index in [1.807, 2.05) is 12.1 Å². The summed E-state index contributed by atoms with van der Waals surface area (Å²) in [6, 6.07) is 5.99. The van der Waals surface area contributed by atoms with Crippen molar-refractivity contribution in [1.82, 2.24) is 4.90 Å². The number of benzene rings is 1. The third kappa shape index (κ3) is 2.14. The number of rotatable bonds is 3. The first-order valence-corrected chi connectivity index (χ1v) is 10.1. The van der Waals surface area contributed by atoms with Crippen LogP contribution < -0.4 is 5.32 Å². The van der Waals surface area contributed by atoms with E-state index in [1.54, 1.807) is 0 Å². The van der Waals surface area contributed by atoms with E-state index in [1.165, 1.54) is 16.0 Å². The van der Waals surface area contributed by atoms with Gasteiger partial charge in [-0.2, -0.15) is 0 Å². The van der Waals surface area contributed by atoms with Crippen molar-refractivity contribution in [2.75, 3.05) is 11.9 Å². The Kier molecular flexibility index (Phi) is 3.07. The van der Waals surface area contributed by atoms with E-state index in [4.69, 9.17) is 0 Å². The molecule has 1 aliphatic heterocycles. The van der Waals surface area contributed by atoms with Crippen LogP contribution in [-0.2, 0) is 27.2 Å². The first-order valence-electron chi connectivity index (χ1n) is 10.1. The number of fused-ring (bicyclic) bond motifs is 1. The molecule has 1 saturated heterocycles. The highest BCUT2D eigenvalue weighted by Crippen LogP contribution is 2.65. The molecule has 0 aromatic heterocycles. The highest BCUT2D eigenvalue weighted by Gasteiger charge is 2.67. The van der Waals surface area contributed by atoms with Crippen molar-refractivity contribution in [3.63, 3.8) is 0 Å². The Balaban J connectivity index is 1.19. The zero-order valence-electron chi connectivity index (χ0n) is 15.1. The van der Waals surface area contributed by atoms with Crippen molar-refractivity contribution in [2.24, 2.45) is 35.5 Å². The number of anilines is 1. The molecule has 5 aliphatic carbocycles. The molecule has 0 spiro atoms. The van der Waals surface area contributed by atoms with E-state index in [-0.39, 0.29) is 47.9 Å². The summed E-state index contributed by atoms with van der Waals surface area (Å²) in [5, 5.41) is 2.88. The fourth-order valence-electron chi connectivity index (χ4n) is 6.17.